The van der Waals surface area contributed by atoms with Crippen LogP contribution in [0.25, 0.3) is 11.0 Å². The van der Waals surface area contributed by atoms with Crippen molar-refractivity contribution >= 4 is 11.0 Å². The summed E-state index contributed by atoms with van der Waals surface area (Å²) < 4.78 is 54.6. The second kappa shape index (κ2) is 6.51. The van der Waals surface area contributed by atoms with Crippen LogP contribution < -0.4 is 14.9 Å². The number of methoxy groups -OCH3 is 1. The Bertz CT molecular complexity index is 960. The smallest absolute Gasteiger partial charge is 0.419 e. The minimum absolute atomic E-state index is 0.0620. The molecule has 0 unspecified atom stereocenters. The first kappa shape index (κ1) is 16.9. The molecule has 3 rings (SSSR count). The van der Waals surface area contributed by atoms with Gasteiger partial charge in [0.05, 0.1) is 24.1 Å². The van der Waals surface area contributed by atoms with Gasteiger partial charge in [0.25, 0.3) is 5.95 Å². The summed E-state index contributed by atoms with van der Waals surface area (Å²) >= 11 is 0. The molecule has 0 bridgehead atoms. The van der Waals surface area contributed by atoms with E-state index < -0.39 is 11.7 Å². The summed E-state index contributed by atoms with van der Waals surface area (Å²) in [5.74, 6) is -0.332. The fourth-order valence-corrected chi connectivity index (χ4v) is 2.37. The van der Waals surface area contributed by atoms with Crippen molar-refractivity contribution in [3.8, 4) is 11.7 Å². The van der Waals surface area contributed by atoms with Crippen molar-refractivity contribution in [2.24, 2.45) is 0 Å². The average molecular weight is 350 g/mol. The lowest BCUT2D eigenvalue weighted by Gasteiger charge is -2.13. The van der Waals surface area contributed by atoms with E-state index in [0.717, 1.165) is 12.1 Å². The minimum Gasteiger partial charge on any atom is -0.496 e. The molecule has 0 fully saturated rings. The van der Waals surface area contributed by atoms with Crippen LogP contribution in [0.15, 0.2) is 57.7 Å². The second-order valence-electron chi connectivity index (χ2n) is 5.25. The van der Waals surface area contributed by atoms with E-state index in [2.05, 4.69) is 0 Å². The molecule has 0 atom stereocenters. The molecule has 1 heterocycles. The molecule has 4 nitrogen and oxygen atoms in total. The lowest BCUT2D eigenvalue weighted by molar-refractivity contribution is -0.138. The maximum atomic E-state index is 13.0. The zero-order chi connectivity index (χ0) is 18.0. The third kappa shape index (κ3) is 3.60. The van der Waals surface area contributed by atoms with Gasteiger partial charge >= 0.3 is 6.18 Å². The third-order valence-electron chi connectivity index (χ3n) is 3.56. The van der Waals surface area contributed by atoms with Crippen molar-refractivity contribution in [3.63, 3.8) is 0 Å². The SMILES string of the molecule is COc1ccc(COc2cc(=O)c3ccccc3o2)cc1C(F)(F)F. The number of benzene rings is 2. The van der Waals surface area contributed by atoms with Crippen molar-refractivity contribution in [2.45, 2.75) is 12.8 Å². The van der Waals surface area contributed by atoms with Gasteiger partial charge in [0.15, 0.2) is 5.43 Å². The zero-order valence-electron chi connectivity index (χ0n) is 13.1. The molecular weight excluding hydrogens is 337 g/mol. The summed E-state index contributed by atoms with van der Waals surface area (Å²) in [7, 11) is 1.17. The second-order valence-corrected chi connectivity index (χ2v) is 5.25. The van der Waals surface area contributed by atoms with Crippen LogP contribution in [0.5, 0.6) is 11.7 Å². The molecule has 0 aliphatic carbocycles. The van der Waals surface area contributed by atoms with E-state index in [1.165, 1.54) is 19.2 Å². The van der Waals surface area contributed by atoms with Crippen molar-refractivity contribution in [2.75, 3.05) is 7.11 Å². The Morgan fingerprint density at radius 2 is 1.84 bits per heavy atom. The quantitative estimate of drug-likeness (QED) is 0.700. The normalized spacial score (nSPS) is 11.5. The molecule has 2 aromatic carbocycles. The molecule has 25 heavy (non-hydrogen) atoms. The third-order valence-corrected chi connectivity index (χ3v) is 3.56. The predicted molar refractivity (Wildman–Crippen MR) is 84.8 cm³/mol. The molecule has 1 aromatic heterocycles. The number of para-hydroxylation sites is 1. The van der Waals surface area contributed by atoms with Gasteiger partial charge in [-0.05, 0) is 29.8 Å². The Balaban J connectivity index is 1.86. The number of hydrogen-bond donors (Lipinski definition) is 0. The topological polar surface area (TPSA) is 48.7 Å². The van der Waals surface area contributed by atoms with E-state index in [-0.39, 0.29) is 29.3 Å². The maximum absolute atomic E-state index is 13.0. The highest BCUT2D eigenvalue weighted by Gasteiger charge is 2.34. The number of hydrogen-bond acceptors (Lipinski definition) is 4. The lowest BCUT2D eigenvalue weighted by Crippen LogP contribution is -2.09. The first-order chi connectivity index (χ1) is 11.9. The highest BCUT2D eigenvalue weighted by molar-refractivity contribution is 5.76. The fraction of sp³-hybridized carbons (Fsp3) is 0.167. The Labute approximate surface area is 140 Å². The summed E-state index contributed by atoms with van der Waals surface area (Å²) in [5.41, 5.74) is -0.571. The molecule has 0 N–H and O–H groups in total. The molecular formula is C18H13F3O4. The minimum atomic E-state index is -4.54. The standard InChI is InChI=1S/C18H13F3O4/c1-23-16-7-6-11(8-13(16)18(19,20)21)10-24-17-9-14(22)12-4-2-3-5-15(12)25-17/h2-9H,10H2,1H3. The predicted octanol–water partition coefficient (Wildman–Crippen LogP) is 4.40. The molecule has 0 spiro atoms. The van der Waals surface area contributed by atoms with Gasteiger partial charge in [0.1, 0.15) is 17.9 Å². The van der Waals surface area contributed by atoms with Gasteiger partial charge in [0.2, 0.25) is 0 Å². The van der Waals surface area contributed by atoms with Crippen LogP contribution in [0.4, 0.5) is 13.2 Å². The van der Waals surface area contributed by atoms with Crippen LogP contribution in [-0.4, -0.2) is 7.11 Å². The summed E-state index contributed by atoms with van der Waals surface area (Å²) in [6, 6.07) is 11.4. The van der Waals surface area contributed by atoms with Crippen LogP contribution in [0, 0.1) is 0 Å². The molecule has 0 amide bonds. The number of ether oxygens (including phenoxy) is 2. The number of rotatable bonds is 4. The van der Waals surface area contributed by atoms with Gasteiger partial charge in [-0.15, -0.1) is 0 Å². The molecule has 7 heteroatoms. The van der Waals surface area contributed by atoms with Crippen LogP contribution >= 0.6 is 0 Å². The van der Waals surface area contributed by atoms with E-state index in [1.54, 1.807) is 24.3 Å². The Morgan fingerprint density at radius 1 is 1.08 bits per heavy atom. The Kier molecular flexibility index (Phi) is 4.39. The molecule has 3 aromatic rings. The van der Waals surface area contributed by atoms with E-state index in [4.69, 9.17) is 13.9 Å². The maximum Gasteiger partial charge on any atom is 0.419 e. The lowest BCUT2D eigenvalue weighted by atomic mass is 10.1. The van der Waals surface area contributed by atoms with Gasteiger partial charge in [-0.2, -0.15) is 13.2 Å². The van der Waals surface area contributed by atoms with Gasteiger partial charge in [-0.25, -0.2) is 0 Å². The fourth-order valence-electron chi connectivity index (χ4n) is 2.37. The van der Waals surface area contributed by atoms with Crippen molar-refractivity contribution in [1.29, 1.82) is 0 Å². The zero-order valence-corrected chi connectivity index (χ0v) is 13.1. The molecule has 0 aliphatic heterocycles. The van der Waals surface area contributed by atoms with Crippen LogP contribution in [0.1, 0.15) is 11.1 Å². The van der Waals surface area contributed by atoms with Crippen LogP contribution in [0.2, 0.25) is 0 Å². The Morgan fingerprint density at radius 3 is 2.56 bits per heavy atom. The van der Waals surface area contributed by atoms with E-state index in [9.17, 15) is 18.0 Å². The Hall–Kier alpha value is -2.96. The van der Waals surface area contributed by atoms with E-state index in [0.29, 0.717) is 11.0 Å². The van der Waals surface area contributed by atoms with Gasteiger partial charge in [0, 0.05) is 0 Å². The van der Waals surface area contributed by atoms with Crippen molar-refractivity contribution < 1.29 is 27.1 Å². The molecule has 130 valence electrons. The molecule has 0 saturated heterocycles. The highest BCUT2D eigenvalue weighted by atomic mass is 19.4. The van der Waals surface area contributed by atoms with Gasteiger partial charge in [-0.1, -0.05) is 18.2 Å². The van der Waals surface area contributed by atoms with E-state index >= 15 is 0 Å². The first-order valence-corrected chi connectivity index (χ1v) is 7.28. The summed E-state index contributed by atoms with van der Waals surface area (Å²) in [6.07, 6.45) is -4.54. The highest BCUT2D eigenvalue weighted by Crippen LogP contribution is 2.36. The van der Waals surface area contributed by atoms with E-state index in [1.807, 2.05) is 0 Å². The number of fused-ring (bicyclic) bond motifs is 1. The first-order valence-electron chi connectivity index (χ1n) is 7.28. The van der Waals surface area contributed by atoms with Gasteiger partial charge in [-0.3, -0.25) is 4.79 Å². The largest absolute Gasteiger partial charge is 0.496 e. The number of alkyl halides is 3. The monoisotopic (exact) mass is 350 g/mol. The van der Waals surface area contributed by atoms with Crippen molar-refractivity contribution in [3.05, 3.63) is 69.9 Å². The van der Waals surface area contributed by atoms with Crippen LogP contribution in [0.3, 0.4) is 0 Å². The average Bonchev–Trinajstić information content (AvgIpc) is 2.59. The summed E-state index contributed by atoms with van der Waals surface area (Å²) in [6.45, 7) is -0.186. The summed E-state index contributed by atoms with van der Waals surface area (Å²) in [5, 5.41) is 0.402. The molecule has 0 aliphatic rings. The molecule has 0 radical (unpaired) electrons. The van der Waals surface area contributed by atoms with Gasteiger partial charge < -0.3 is 13.9 Å². The summed E-state index contributed by atoms with van der Waals surface area (Å²) in [4.78, 5) is 12.0. The number of halogens is 3. The van der Waals surface area contributed by atoms with Crippen molar-refractivity contribution in [1.82, 2.24) is 0 Å². The van der Waals surface area contributed by atoms with Crippen LogP contribution in [-0.2, 0) is 12.8 Å². The molecule has 0 saturated carbocycles.